The second-order valence-corrected chi connectivity index (χ2v) is 5.75. The normalized spacial score (nSPS) is 11.1. The maximum atomic E-state index is 11.8. The highest BCUT2D eigenvalue weighted by Gasteiger charge is 2.10. The Morgan fingerprint density at radius 1 is 1.18 bits per heavy atom. The highest BCUT2D eigenvalue weighted by atomic mass is 32.1. The van der Waals surface area contributed by atoms with Crippen molar-refractivity contribution in [1.29, 1.82) is 0 Å². The third-order valence-electron chi connectivity index (χ3n) is 3.36. The molecule has 0 spiro atoms. The van der Waals surface area contributed by atoms with E-state index in [-0.39, 0.29) is 5.43 Å². The number of oxazole rings is 1. The van der Waals surface area contributed by atoms with Crippen molar-refractivity contribution >= 4 is 22.2 Å². The van der Waals surface area contributed by atoms with E-state index in [9.17, 15) is 4.79 Å². The Labute approximate surface area is 129 Å². The molecule has 1 aromatic carbocycles. The Kier molecular flexibility index (Phi) is 3.08. The monoisotopic (exact) mass is 309 g/mol. The van der Waals surface area contributed by atoms with E-state index in [1.807, 2.05) is 35.7 Å². The number of hydrogen-bond donors (Lipinski definition) is 0. The maximum Gasteiger partial charge on any atom is 0.236 e. The van der Waals surface area contributed by atoms with E-state index >= 15 is 0 Å². The summed E-state index contributed by atoms with van der Waals surface area (Å²) in [4.78, 5) is 17.3. The van der Waals surface area contributed by atoms with Gasteiger partial charge in [0.25, 0.3) is 0 Å². The zero-order chi connectivity index (χ0) is 14.9. The fourth-order valence-electron chi connectivity index (χ4n) is 2.33. The lowest BCUT2D eigenvalue weighted by atomic mass is 10.2. The number of nitrogens with zero attached hydrogens (tertiary/aromatic N) is 3. The molecule has 0 aliphatic heterocycles. The molecule has 3 aromatic heterocycles. The van der Waals surface area contributed by atoms with Crippen LogP contribution in [0.2, 0.25) is 0 Å². The van der Waals surface area contributed by atoms with Crippen molar-refractivity contribution in [3.63, 3.8) is 0 Å². The Bertz CT molecular complexity index is 986. The van der Waals surface area contributed by atoms with Crippen LogP contribution in [0.3, 0.4) is 0 Å². The van der Waals surface area contributed by atoms with E-state index in [1.165, 1.54) is 6.20 Å². The van der Waals surface area contributed by atoms with Crippen LogP contribution in [0.5, 0.6) is 0 Å². The molecule has 0 aliphatic carbocycles. The van der Waals surface area contributed by atoms with Gasteiger partial charge in [-0.2, -0.15) is 5.10 Å². The summed E-state index contributed by atoms with van der Waals surface area (Å²) in [5.41, 5.74) is 1.48. The second-order valence-electron chi connectivity index (χ2n) is 4.80. The Hall–Kier alpha value is -2.73. The second kappa shape index (κ2) is 5.23. The Morgan fingerprint density at radius 3 is 2.95 bits per heavy atom. The van der Waals surface area contributed by atoms with E-state index in [4.69, 9.17) is 4.42 Å². The minimum Gasteiger partial charge on any atom is -0.443 e. The van der Waals surface area contributed by atoms with Crippen molar-refractivity contribution < 1.29 is 4.42 Å². The lowest BCUT2D eigenvalue weighted by molar-refractivity contribution is 0.571. The molecular weight excluding hydrogens is 298 g/mol. The number of thiophene rings is 1. The van der Waals surface area contributed by atoms with Gasteiger partial charge in [0, 0.05) is 5.39 Å². The first-order chi connectivity index (χ1) is 10.8. The topological polar surface area (TPSA) is 60.9 Å². The van der Waals surface area contributed by atoms with Gasteiger partial charge in [0.1, 0.15) is 12.0 Å². The zero-order valence-corrected chi connectivity index (χ0v) is 12.3. The smallest absolute Gasteiger partial charge is 0.236 e. The zero-order valence-electron chi connectivity index (χ0n) is 11.5. The molecule has 4 rings (SSSR count). The molecule has 0 radical (unpaired) electrons. The van der Waals surface area contributed by atoms with Gasteiger partial charge < -0.3 is 4.42 Å². The molecule has 6 heteroatoms. The molecule has 0 saturated carbocycles. The molecule has 108 valence electrons. The molecule has 0 fully saturated rings. The van der Waals surface area contributed by atoms with Gasteiger partial charge in [-0.1, -0.05) is 18.2 Å². The summed E-state index contributed by atoms with van der Waals surface area (Å²) in [6.45, 7) is 0.454. The minimum atomic E-state index is -0.0775. The van der Waals surface area contributed by atoms with E-state index < -0.39 is 0 Å². The predicted octanol–water partition coefficient (Wildman–Crippen LogP) is 3.16. The highest BCUT2D eigenvalue weighted by molar-refractivity contribution is 7.13. The van der Waals surface area contributed by atoms with Crippen LogP contribution >= 0.6 is 11.3 Å². The number of para-hydroxylation sites is 1. The van der Waals surface area contributed by atoms with Crippen LogP contribution in [0.4, 0.5) is 0 Å². The fraction of sp³-hybridized carbons (Fsp3) is 0.0625. The van der Waals surface area contributed by atoms with Gasteiger partial charge >= 0.3 is 0 Å². The first kappa shape index (κ1) is 13.0. The van der Waals surface area contributed by atoms with Crippen LogP contribution in [-0.2, 0) is 6.54 Å². The number of fused-ring (bicyclic) bond motifs is 1. The van der Waals surface area contributed by atoms with Crippen LogP contribution in [-0.4, -0.2) is 14.8 Å². The van der Waals surface area contributed by atoms with Gasteiger partial charge in [-0.25, -0.2) is 4.98 Å². The molecule has 0 unspecified atom stereocenters. The fourth-order valence-corrected chi connectivity index (χ4v) is 2.99. The Morgan fingerprint density at radius 2 is 2.09 bits per heavy atom. The van der Waals surface area contributed by atoms with Crippen molar-refractivity contribution in [2.75, 3.05) is 0 Å². The lowest BCUT2D eigenvalue weighted by Gasteiger charge is -2.06. The van der Waals surface area contributed by atoms with Gasteiger partial charge in [0.05, 0.1) is 23.1 Å². The van der Waals surface area contributed by atoms with Crippen LogP contribution < -0.4 is 5.43 Å². The minimum absolute atomic E-state index is 0.0775. The summed E-state index contributed by atoms with van der Waals surface area (Å²) in [6, 6.07) is 11.3. The molecular formula is C16H11N3O2S. The molecule has 0 saturated heterocycles. The molecule has 5 nitrogen and oxygen atoms in total. The standard InChI is InChI=1S/C16H11N3O2S/c20-14-8-17-19(13-5-2-1-4-12(13)14)9-11-10-21-16(18-11)15-6-3-7-22-15/h1-8,10H,9H2. The van der Waals surface area contributed by atoms with E-state index in [1.54, 1.807) is 28.3 Å². The van der Waals surface area contributed by atoms with Crippen molar-refractivity contribution in [2.24, 2.45) is 0 Å². The number of hydrogen-bond acceptors (Lipinski definition) is 5. The van der Waals surface area contributed by atoms with E-state index in [2.05, 4.69) is 10.1 Å². The summed E-state index contributed by atoms with van der Waals surface area (Å²) in [5, 5.41) is 6.83. The van der Waals surface area contributed by atoms with Crippen molar-refractivity contribution in [2.45, 2.75) is 6.54 Å². The van der Waals surface area contributed by atoms with E-state index in [0.717, 1.165) is 16.1 Å². The number of benzene rings is 1. The lowest BCUT2D eigenvalue weighted by Crippen LogP contribution is -2.13. The third-order valence-corrected chi connectivity index (χ3v) is 4.22. The first-order valence-electron chi connectivity index (χ1n) is 6.74. The van der Waals surface area contributed by atoms with Gasteiger partial charge in [-0.3, -0.25) is 9.48 Å². The molecule has 0 aliphatic rings. The molecule has 22 heavy (non-hydrogen) atoms. The van der Waals surface area contributed by atoms with Crippen molar-refractivity contribution in [3.8, 4) is 10.8 Å². The van der Waals surface area contributed by atoms with Crippen molar-refractivity contribution in [3.05, 3.63) is 70.2 Å². The first-order valence-corrected chi connectivity index (χ1v) is 7.62. The summed E-state index contributed by atoms with van der Waals surface area (Å²) in [5.74, 6) is 0.607. The largest absolute Gasteiger partial charge is 0.443 e. The number of rotatable bonds is 3. The van der Waals surface area contributed by atoms with Gasteiger partial charge in [-0.15, -0.1) is 11.3 Å². The molecule has 4 aromatic rings. The van der Waals surface area contributed by atoms with Gasteiger partial charge in [-0.05, 0) is 23.6 Å². The number of aromatic nitrogens is 3. The van der Waals surface area contributed by atoms with Crippen LogP contribution in [0.1, 0.15) is 5.69 Å². The van der Waals surface area contributed by atoms with Gasteiger partial charge in [0.15, 0.2) is 0 Å². The average Bonchev–Trinajstić information content (AvgIpc) is 3.21. The summed E-state index contributed by atoms with van der Waals surface area (Å²) in [7, 11) is 0. The summed E-state index contributed by atoms with van der Waals surface area (Å²) in [6.07, 6.45) is 2.96. The van der Waals surface area contributed by atoms with Gasteiger partial charge in [0.2, 0.25) is 11.3 Å². The maximum absolute atomic E-state index is 11.8. The molecule has 0 atom stereocenters. The van der Waals surface area contributed by atoms with Crippen LogP contribution in [0.25, 0.3) is 21.7 Å². The SMILES string of the molecule is O=c1cnn(Cc2coc(-c3cccs3)n2)c2ccccc12. The van der Waals surface area contributed by atoms with Crippen molar-refractivity contribution in [1.82, 2.24) is 14.8 Å². The predicted molar refractivity (Wildman–Crippen MR) is 84.9 cm³/mol. The van der Waals surface area contributed by atoms with Crippen LogP contribution in [0, 0.1) is 0 Å². The highest BCUT2D eigenvalue weighted by Crippen LogP contribution is 2.24. The summed E-state index contributed by atoms with van der Waals surface area (Å²) >= 11 is 1.58. The molecule has 0 bridgehead atoms. The Balaban J connectivity index is 1.73. The summed E-state index contributed by atoms with van der Waals surface area (Å²) < 4.78 is 7.27. The third kappa shape index (κ3) is 2.23. The van der Waals surface area contributed by atoms with Crippen LogP contribution in [0.15, 0.2) is 63.4 Å². The van der Waals surface area contributed by atoms with E-state index in [0.29, 0.717) is 17.8 Å². The molecule has 0 N–H and O–H groups in total. The average molecular weight is 309 g/mol. The quantitative estimate of drug-likeness (QED) is 0.583. The molecule has 3 heterocycles. The molecule has 0 amide bonds.